The molecule has 0 aromatic heterocycles. The van der Waals surface area contributed by atoms with Crippen LogP contribution in [0, 0.1) is 0 Å². The second-order valence-corrected chi connectivity index (χ2v) is 5.49. The number of rotatable bonds is 8. The van der Waals surface area contributed by atoms with Crippen molar-refractivity contribution < 1.29 is 0 Å². The second-order valence-electron chi connectivity index (χ2n) is 4.68. The van der Waals surface area contributed by atoms with E-state index >= 15 is 0 Å². The molecule has 3 heteroatoms. The summed E-state index contributed by atoms with van der Waals surface area (Å²) in [5, 5.41) is 5.16. The molecule has 0 aliphatic carbocycles. The van der Waals surface area contributed by atoms with Crippen LogP contribution in [0.15, 0.2) is 18.2 Å². The molecule has 1 aromatic rings. The number of hydrogen-bond donors (Lipinski definition) is 1. The van der Waals surface area contributed by atoms with E-state index in [9.17, 15) is 0 Å². The van der Waals surface area contributed by atoms with Crippen LogP contribution in [-0.2, 0) is 6.42 Å². The first kappa shape index (κ1) is 15.8. The molecule has 0 heterocycles. The normalized spacial score (nSPS) is 12.7. The predicted molar refractivity (Wildman–Crippen MR) is 81.8 cm³/mol. The van der Waals surface area contributed by atoms with Gasteiger partial charge in [-0.25, -0.2) is 0 Å². The van der Waals surface area contributed by atoms with Gasteiger partial charge in [0.25, 0.3) is 0 Å². The van der Waals surface area contributed by atoms with Crippen LogP contribution in [0.4, 0.5) is 0 Å². The highest BCUT2D eigenvalue weighted by Crippen LogP contribution is 2.26. The lowest BCUT2D eigenvalue weighted by Crippen LogP contribution is -2.30. The zero-order chi connectivity index (χ0) is 13.4. The molecule has 0 radical (unpaired) electrons. The van der Waals surface area contributed by atoms with Crippen LogP contribution in [0.25, 0.3) is 0 Å². The lowest BCUT2D eigenvalue weighted by atomic mass is 10.0. The molecular weight excluding hydrogens is 265 g/mol. The van der Waals surface area contributed by atoms with E-state index in [0.717, 1.165) is 35.0 Å². The van der Waals surface area contributed by atoms with Gasteiger partial charge in [0.15, 0.2) is 0 Å². The number of nitrogens with one attached hydrogen (secondary N) is 1. The molecule has 1 atom stereocenters. The van der Waals surface area contributed by atoms with Crippen molar-refractivity contribution in [3.05, 3.63) is 33.8 Å². The van der Waals surface area contributed by atoms with E-state index in [1.807, 2.05) is 18.2 Å². The minimum absolute atomic E-state index is 0.572. The Hall–Kier alpha value is -0.240. The summed E-state index contributed by atoms with van der Waals surface area (Å²) in [5.41, 5.74) is 1.08. The average molecular weight is 288 g/mol. The molecule has 1 unspecified atom stereocenters. The first-order chi connectivity index (χ1) is 8.69. The van der Waals surface area contributed by atoms with Crippen molar-refractivity contribution in [1.82, 2.24) is 5.32 Å². The standard InChI is InChI=1S/C15H23Cl2N/c1-3-6-12(18-11-4-2)9-10-13-14(16)7-5-8-15(13)17/h5,7-8,12,18H,3-4,6,9-11H2,1-2H3. The van der Waals surface area contributed by atoms with E-state index in [2.05, 4.69) is 19.2 Å². The van der Waals surface area contributed by atoms with Crippen LogP contribution in [0.1, 0.15) is 45.1 Å². The van der Waals surface area contributed by atoms with Gasteiger partial charge in [0.05, 0.1) is 0 Å². The number of benzene rings is 1. The first-order valence-corrected chi connectivity index (χ1v) is 7.60. The first-order valence-electron chi connectivity index (χ1n) is 6.85. The molecule has 1 nitrogen and oxygen atoms in total. The van der Waals surface area contributed by atoms with Crippen molar-refractivity contribution in [1.29, 1.82) is 0 Å². The van der Waals surface area contributed by atoms with Gasteiger partial charge in [-0.05, 0) is 49.9 Å². The maximum atomic E-state index is 6.19. The van der Waals surface area contributed by atoms with Gasteiger partial charge in [0.2, 0.25) is 0 Å². The summed E-state index contributed by atoms with van der Waals surface area (Å²) in [4.78, 5) is 0. The van der Waals surface area contributed by atoms with E-state index < -0.39 is 0 Å². The molecule has 0 fully saturated rings. The molecule has 0 aliphatic rings. The lowest BCUT2D eigenvalue weighted by molar-refractivity contribution is 0.449. The highest BCUT2D eigenvalue weighted by molar-refractivity contribution is 6.35. The Labute approximate surface area is 121 Å². The topological polar surface area (TPSA) is 12.0 Å². The third-order valence-electron chi connectivity index (χ3n) is 3.12. The van der Waals surface area contributed by atoms with Crippen LogP contribution in [-0.4, -0.2) is 12.6 Å². The van der Waals surface area contributed by atoms with Gasteiger partial charge < -0.3 is 5.32 Å². The van der Waals surface area contributed by atoms with Gasteiger partial charge in [-0.2, -0.15) is 0 Å². The summed E-state index contributed by atoms with van der Waals surface area (Å²) in [5.74, 6) is 0. The molecule has 0 amide bonds. The molecule has 0 bridgehead atoms. The van der Waals surface area contributed by atoms with Gasteiger partial charge in [0.1, 0.15) is 0 Å². The van der Waals surface area contributed by atoms with Crippen molar-refractivity contribution in [3.8, 4) is 0 Å². The highest BCUT2D eigenvalue weighted by Gasteiger charge is 2.10. The van der Waals surface area contributed by atoms with Crippen molar-refractivity contribution in [2.75, 3.05) is 6.54 Å². The molecule has 0 spiro atoms. The van der Waals surface area contributed by atoms with Gasteiger partial charge in [-0.3, -0.25) is 0 Å². The molecular formula is C15H23Cl2N. The Morgan fingerprint density at radius 1 is 1.06 bits per heavy atom. The third-order valence-corrected chi connectivity index (χ3v) is 3.83. The third kappa shape index (κ3) is 5.17. The second kappa shape index (κ2) is 8.79. The van der Waals surface area contributed by atoms with Crippen molar-refractivity contribution >= 4 is 23.2 Å². The minimum atomic E-state index is 0.572. The Balaban J connectivity index is 2.55. The Morgan fingerprint density at radius 3 is 2.28 bits per heavy atom. The molecule has 0 aliphatic heterocycles. The fourth-order valence-electron chi connectivity index (χ4n) is 2.14. The smallest absolute Gasteiger partial charge is 0.0452 e. The van der Waals surface area contributed by atoms with Crippen LogP contribution < -0.4 is 5.32 Å². The Morgan fingerprint density at radius 2 is 1.72 bits per heavy atom. The zero-order valence-corrected chi connectivity index (χ0v) is 12.8. The van der Waals surface area contributed by atoms with Gasteiger partial charge in [-0.1, -0.05) is 49.5 Å². The van der Waals surface area contributed by atoms with E-state index in [1.54, 1.807) is 0 Å². The van der Waals surface area contributed by atoms with Crippen LogP contribution in [0.2, 0.25) is 10.0 Å². The van der Waals surface area contributed by atoms with Crippen LogP contribution in [0.5, 0.6) is 0 Å². The molecule has 1 aromatic carbocycles. The molecule has 18 heavy (non-hydrogen) atoms. The van der Waals surface area contributed by atoms with E-state index in [4.69, 9.17) is 23.2 Å². The summed E-state index contributed by atoms with van der Waals surface area (Å²) in [6.45, 7) is 5.50. The van der Waals surface area contributed by atoms with Gasteiger partial charge in [-0.15, -0.1) is 0 Å². The molecule has 0 saturated carbocycles. The maximum absolute atomic E-state index is 6.19. The van der Waals surface area contributed by atoms with Gasteiger partial charge >= 0.3 is 0 Å². The van der Waals surface area contributed by atoms with E-state index in [0.29, 0.717) is 6.04 Å². The Kier molecular flexibility index (Phi) is 7.73. The summed E-state index contributed by atoms with van der Waals surface area (Å²) in [6.07, 6.45) is 5.63. The fraction of sp³-hybridized carbons (Fsp3) is 0.600. The van der Waals surface area contributed by atoms with Crippen molar-refractivity contribution in [2.45, 2.75) is 52.0 Å². The quantitative estimate of drug-likeness (QED) is 0.702. The summed E-state index contributed by atoms with van der Waals surface area (Å²) >= 11 is 12.4. The molecule has 1 rings (SSSR count). The predicted octanol–water partition coefficient (Wildman–Crippen LogP) is 5.09. The zero-order valence-electron chi connectivity index (χ0n) is 11.3. The van der Waals surface area contributed by atoms with E-state index in [-0.39, 0.29) is 0 Å². The minimum Gasteiger partial charge on any atom is -0.314 e. The monoisotopic (exact) mass is 287 g/mol. The molecule has 0 saturated heterocycles. The van der Waals surface area contributed by atoms with Crippen molar-refractivity contribution in [3.63, 3.8) is 0 Å². The number of halogens is 2. The summed E-state index contributed by atoms with van der Waals surface area (Å²) in [7, 11) is 0. The number of hydrogen-bond acceptors (Lipinski definition) is 1. The summed E-state index contributed by atoms with van der Waals surface area (Å²) < 4.78 is 0. The Bertz CT molecular complexity index is 332. The fourth-order valence-corrected chi connectivity index (χ4v) is 2.72. The molecule has 1 N–H and O–H groups in total. The van der Waals surface area contributed by atoms with E-state index in [1.165, 1.54) is 19.3 Å². The van der Waals surface area contributed by atoms with Gasteiger partial charge in [0, 0.05) is 16.1 Å². The van der Waals surface area contributed by atoms with Crippen LogP contribution in [0.3, 0.4) is 0 Å². The lowest BCUT2D eigenvalue weighted by Gasteiger charge is -2.18. The SMILES string of the molecule is CCCNC(CCC)CCc1c(Cl)cccc1Cl. The largest absolute Gasteiger partial charge is 0.314 e. The van der Waals surface area contributed by atoms with Crippen LogP contribution >= 0.6 is 23.2 Å². The van der Waals surface area contributed by atoms with Crippen molar-refractivity contribution in [2.24, 2.45) is 0 Å². The summed E-state index contributed by atoms with van der Waals surface area (Å²) in [6, 6.07) is 6.29. The highest BCUT2D eigenvalue weighted by atomic mass is 35.5. The average Bonchev–Trinajstić information content (AvgIpc) is 2.35. The maximum Gasteiger partial charge on any atom is 0.0452 e. The molecule has 102 valence electrons.